The van der Waals surface area contributed by atoms with E-state index in [1.807, 2.05) is 0 Å². The monoisotopic (exact) mass is 454 g/mol. The largest absolute Gasteiger partial charge is 0.469 e. The fraction of sp³-hybridized carbons (Fsp3) is 0.581. The summed E-state index contributed by atoms with van der Waals surface area (Å²) in [4.78, 5) is 12.4. The number of rotatable bonds is 16. The summed E-state index contributed by atoms with van der Waals surface area (Å²) in [5, 5.41) is 0. The second kappa shape index (κ2) is 18.3. The van der Waals surface area contributed by atoms with E-state index in [9.17, 15) is 4.79 Å². The van der Waals surface area contributed by atoms with Gasteiger partial charge in [0.1, 0.15) is 0 Å². The van der Waals surface area contributed by atoms with Gasteiger partial charge in [-0.1, -0.05) is 70.4 Å². The zero-order valence-corrected chi connectivity index (χ0v) is 22.9. The molecule has 0 aliphatic heterocycles. The molecule has 0 aromatic heterocycles. The molecule has 1 atom stereocenters. The first-order valence-corrected chi connectivity index (χ1v) is 12.6. The Morgan fingerprint density at radius 1 is 0.667 bits per heavy atom. The Labute approximate surface area is 205 Å². The van der Waals surface area contributed by atoms with Gasteiger partial charge in [-0.2, -0.15) is 0 Å². The lowest BCUT2D eigenvalue weighted by Crippen LogP contribution is -2.17. The molecule has 0 aliphatic rings. The Hall–Kier alpha value is -2.09. The summed E-state index contributed by atoms with van der Waals surface area (Å²) in [7, 11) is 1.47. The zero-order valence-electron chi connectivity index (χ0n) is 22.9. The highest BCUT2D eigenvalue weighted by Gasteiger charge is 2.20. The summed E-state index contributed by atoms with van der Waals surface area (Å²) in [5.74, 6) is -0.436. The molecule has 2 heteroatoms. The fourth-order valence-corrected chi connectivity index (χ4v) is 3.60. The minimum atomic E-state index is -0.259. The van der Waals surface area contributed by atoms with E-state index in [1.165, 1.54) is 35.0 Å². The first-order valence-electron chi connectivity index (χ1n) is 12.6. The predicted octanol–water partition coefficient (Wildman–Crippen LogP) is 9.61. The second-order valence-corrected chi connectivity index (χ2v) is 9.84. The molecular weight excluding hydrogens is 404 g/mol. The van der Waals surface area contributed by atoms with E-state index in [0.717, 1.165) is 56.9 Å². The molecule has 0 saturated carbocycles. The topological polar surface area (TPSA) is 26.3 Å². The molecule has 33 heavy (non-hydrogen) atoms. The van der Waals surface area contributed by atoms with Crippen molar-refractivity contribution in [2.45, 2.75) is 106 Å². The van der Waals surface area contributed by atoms with Crippen LogP contribution in [-0.4, -0.2) is 13.1 Å². The predicted molar refractivity (Wildman–Crippen MR) is 146 cm³/mol. The van der Waals surface area contributed by atoms with Crippen molar-refractivity contribution in [1.82, 2.24) is 0 Å². The lowest BCUT2D eigenvalue weighted by Gasteiger charge is -2.16. The maximum Gasteiger partial charge on any atom is 0.313 e. The van der Waals surface area contributed by atoms with Gasteiger partial charge in [-0.15, -0.1) is 0 Å². The van der Waals surface area contributed by atoms with Gasteiger partial charge in [-0.05, 0) is 106 Å². The number of carbonyl (C=O) groups excluding carboxylic acids is 1. The molecule has 0 rings (SSSR count). The number of hydrogen-bond acceptors (Lipinski definition) is 2. The molecule has 0 aliphatic carbocycles. The summed E-state index contributed by atoms with van der Waals surface area (Å²) in [5.41, 5.74) is 7.88. The van der Waals surface area contributed by atoms with Crippen LogP contribution < -0.4 is 0 Å². The lowest BCUT2D eigenvalue weighted by atomic mass is 9.91. The Morgan fingerprint density at radius 2 is 1.06 bits per heavy atom. The SMILES string of the molecule is C=C(CC/C=C(\C)CCC=C(C)C)C(C/C=C(\C)CC/C=C(/C)CCC=C(C)C)C(=O)OC. The van der Waals surface area contributed by atoms with Gasteiger partial charge in [0.2, 0.25) is 0 Å². The number of methoxy groups -OCH3 is 1. The molecule has 1 unspecified atom stereocenters. The van der Waals surface area contributed by atoms with Gasteiger partial charge in [-0.3, -0.25) is 4.79 Å². The molecule has 186 valence electrons. The van der Waals surface area contributed by atoms with Gasteiger partial charge >= 0.3 is 5.97 Å². The van der Waals surface area contributed by atoms with Crippen molar-refractivity contribution < 1.29 is 9.53 Å². The lowest BCUT2D eigenvalue weighted by molar-refractivity contribution is -0.144. The summed E-state index contributed by atoms with van der Waals surface area (Å²) in [6.07, 6.45) is 20.3. The third-order valence-corrected chi connectivity index (χ3v) is 5.85. The van der Waals surface area contributed by atoms with E-state index in [0.29, 0.717) is 6.42 Å². The minimum Gasteiger partial charge on any atom is -0.469 e. The van der Waals surface area contributed by atoms with Crippen LogP contribution in [0.5, 0.6) is 0 Å². The number of allylic oxidation sites excluding steroid dienone is 10. The summed E-state index contributed by atoms with van der Waals surface area (Å²) < 4.78 is 5.07. The second-order valence-electron chi connectivity index (χ2n) is 9.84. The summed E-state index contributed by atoms with van der Waals surface area (Å²) in [6.45, 7) is 19.3. The summed E-state index contributed by atoms with van der Waals surface area (Å²) in [6, 6.07) is 0. The maximum atomic E-state index is 12.4. The maximum absolute atomic E-state index is 12.4. The van der Waals surface area contributed by atoms with E-state index < -0.39 is 0 Å². The minimum absolute atomic E-state index is 0.177. The van der Waals surface area contributed by atoms with Crippen LogP contribution in [0.1, 0.15) is 106 Å². The highest BCUT2D eigenvalue weighted by Crippen LogP contribution is 2.23. The highest BCUT2D eigenvalue weighted by molar-refractivity contribution is 5.75. The third kappa shape index (κ3) is 17.1. The average molecular weight is 455 g/mol. The van der Waals surface area contributed by atoms with Crippen molar-refractivity contribution in [2.24, 2.45) is 5.92 Å². The van der Waals surface area contributed by atoms with Crippen molar-refractivity contribution in [2.75, 3.05) is 7.11 Å². The number of carbonyl (C=O) groups is 1. The van der Waals surface area contributed by atoms with Gasteiger partial charge in [0.25, 0.3) is 0 Å². The number of hydrogen-bond donors (Lipinski definition) is 0. The highest BCUT2D eigenvalue weighted by atomic mass is 16.5. The third-order valence-electron chi connectivity index (χ3n) is 5.85. The van der Waals surface area contributed by atoms with Crippen LogP contribution in [-0.2, 0) is 9.53 Å². The van der Waals surface area contributed by atoms with Gasteiger partial charge in [0.15, 0.2) is 0 Å². The van der Waals surface area contributed by atoms with Gasteiger partial charge in [-0.25, -0.2) is 0 Å². The molecule has 0 bridgehead atoms. The molecule has 0 fully saturated rings. The number of esters is 1. The van der Waals surface area contributed by atoms with Crippen LogP contribution in [0.2, 0.25) is 0 Å². The van der Waals surface area contributed by atoms with Gasteiger partial charge < -0.3 is 4.74 Å². The standard InChI is InChI=1S/C31H50O2/c1-24(2)14-10-16-26(5)18-12-19-28(7)22-23-30(31(32)33-9)29(8)21-13-20-27(6)17-11-15-25(3)4/h14-15,18,20,22,30H,8,10-13,16-17,19,21,23H2,1-7,9H3/b26-18-,27-20+,28-22+. The molecule has 0 aromatic carbocycles. The van der Waals surface area contributed by atoms with Crippen LogP contribution in [0, 0.1) is 5.92 Å². The normalized spacial score (nSPS) is 13.4. The Balaban J connectivity index is 4.69. The molecule has 2 nitrogen and oxygen atoms in total. The Morgan fingerprint density at radius 3 is 1.48 bits per heavy atom. The van der Waals surface area contributed by atoms with Gasteiger partial charge in [0.05, 0.1) is 13.0 Å². The molecule has 0 N–H and O–H groups in total. The van der Waals surface area contributed by atoms with E-state index in [1.54, 1.807) is 0 Å². The van der Waals surface area contributed by atoms with E-state index in [-0.39, 0.29) is 11.9 Å². The quantitative estimate of drug-likeness (QED) is 0.171. The Kier molecular flexibility index (Phi) is 17.2. The van der Waals surface area contributed by atoms with Crippen LogP contribution in [0.15, 0.2) is 70.4 Å². The molecule has 0 amide bonds. The van der Waals surface area contributed by atoms with Crippen molar-refractivity contribution in [1.29, 1.82) is 0 Å². The van der Waals surface area contributed by atoms with Crippen LogP contribution in [0.4, 0.5) is 0 Å². The molecule has 0 aromatic rings. The smallest absolute Gasteiger partial charge is 0.313 e. The Bertz CT molecular complexity index is 748. The summed E-state index contributed by atoms with van der Waals surface area (Å²) >= 11 is 0. The van der Waals surface area contributed by atoms with Crippen LogP contribution >= 0.6 is 0 Å². The van der Waals surface area contributed by atoms with Crippen molar-refractivity contribution in [3.8, 4) is 0 Å². The fourth-order valence-electron chi connectivity index (χ4n) is 3.60. The zero-order chi connectivity index (χ0) is 25.2. The van der Waals surface area contributed by atoms with Gasteiger partial charge in [0, 0.05) is 0 Å². The van der Waals surface area contributed by atoms with Crippen molar-refractivity contribution in [3.05, 3.63) is 70.4 Å². The van der Waals surface area contributed by atoms with E-state index in [4.69, 9.17) is 4.74 Å². The molecule has 0 heterocycles. The average Bonchev–Trinajstić information content (AvgIpc) is 2.73. The first-order chi connectivity index (χ1) is 15.6. The van der Waals surface area contributed by atoms with E-state index >= 15 is 0 Å². The van der Waals surface area contributed by atoms with Crippen molar-refractivity contribution in [3.63, 3.8) is 0 Å². The first kappa shape index (κ1) is 30.9. The van der Waals surface area contributed by atoms with E-state index in [2.05, 4.69) is 85.4 Å². The molecule has 0 saturated heterocycles. The van der Waals surface area contributed by atoms with Crippen LogP contribution in [0.3, 0.4) is 0 Å². The van der Waals surface area contributed by atoms with Crippen molar-refractivity contribution >= 4 is 5.97 Å². The number of ether oxygens (including phenoxy) is 1. The van der Waals surface area contributed by atoms with Crippen LogP contribution in [0.25, 0.3) is 0 Å². The molecule has 0 spiro atoms. The molecular formula is C31H50O2. The molecule has 0 radical (unpaired) electrons.